The lowest BCUT2D eigenvalue weighted by molar-refractivity contribution is -0.137. The predicted octanol–water partition coefficient (Wildman–Crippen LogP) is 8.33. The normalized spacial score (nSPS) is 11.9. The maximum absolute atomic E-state index is 13.6. The number of carbonyl (C=O) groups is 2. The first-order valence-corrected chi connectivity index (χ1v) is 19.9. The Morgan fingerprint density at radius 3 is 2.17 bits per heavy atom. The molecule has 5 rings (SSSR count). The number of carbonyl (C=O) groups excluding carboxylic acids is 1. The zero-order valence-electron chi connectivity index (χ0n) is 27.9. The van der Waals surface area contributed by atoms with E-state index in [0.29, 0.717) is 53.8 Å². The molecule has 1 aromatic heterocycles. The van der Waals surface area contributed by atoms with Crippen LogP contribution in [0.25, 0.3) is 11.5 Å². The van der Waals surface area contributed by atoms with Crippen molar-refractivity contribution in [2.24, 2.45) is 0 Å². The summed E-state index contributed by atoms with van der Waals surface area (Å²) in [6.07, 6.45) is 0.782. The molecule has 9 heteroatoms. The molecule has 0 aliphatic heterocycles. The number of nitrogens with zero attached hydrogens (tertiary/aromatic N) is 1. The van der Waals surface area contributed by atoms with Crippen LogP contribution in [0.1, 0.15) is 32.9 Å². The first-order valence-electron chi connectivity index (χ1n) is 16.1. The highest BCUT2D eigenvalue weighted by molar-refractivity contribution is 6.76. The Morgan fingerprint density at radius 1 is 0.854 bits per heavy atom. The van der Waals surface area contributed by atoms with Gasteiger partial charge in [0.25, 0.3) is 0 Å². The molecule has 4 aromatic carbocycles. The minimum atomic E-state index is -1.30. The van der Waals surface area contributed by atoms with Gasteiger partial charge in [0.05, 0.1) is 18.9 Å². The molecule has 0 spiro atoms. The van der Waals surface area contributed by atoms with Crippen molar-refractivity contribution in [3.8, 4) is 23.0 Å². The average molecular weight is 663 g/mol. The van der Waals surface area contributed by atoms with E-state index in [2.05, 4.69) is 29.9 Å². The lowest BCUT2D eigenvalue weighted by Gasteiger charge is -2.20. The van der Waals surface area contributed by atoms with Gasteiger partial charge in [0.15, 0.2) is 5.78 Å². The highest BCUT2D eigenvalue weighted by atomic mass is 28.3. The molecule has 0 bridgehead atoms. The van der Waals surface area contributed by atoms with Gasteiger partial charge >= 0.3 is 5.97 Å². The molecule has 0 unspecified atom stereocenters. The van der Waals surface area contributed by atoms with Crippen molar-refractivity contribution in [1.82, 2.24) is 4.98 Å². The quantitative estimate of drug-likeness (QED) is 0.0802. The number of carboxylic acid groups (broad SMARTS) is 1. The predicted molar refractivity (Wildman–Crippen MR) is 191 cm³/mol. The summed E-state index contributed by atoms with van der Waals surface area (Å²) < 4.78 is 17.8. The van der Waals surface area contributed by atoms with E-state index in [9.17, 15) is 14.7 Å². The van der Waals surface area contributed by atoms with Crippen LogP contribution < -0.4 is 14.8 Å². The number of aromatic nitrogens is 1. The summed E-state index contributed by atoms with van der Waals surface area (Å²) in [5, 5.41) is 13.3. The third kappa shape index (κ3) is 9.45. The van der Waals surface area contributed by atoms with Crippen molar-refractivity contribution in [3.63, 3.8) is 0 Å². The van der Waals surface area contributed by atoms with Crippen molar-refractivity contribution in [3.05, 3.63) is 131 Å². The highest BCUT2D eigenvalue weighted by Crippen LogP contribution is 2.27. The number of carboxylic acids is 1. The first-order chi connectivity index (χ1) is 23.1. The number of benzene rings is 4. The number of oxazole rings is 1. The lowest BCUT2D eigenvalue weighted by Crippen LogP contribution is -2.32. The lowest BCUT2D eigenvalue weighted by atomic mass is 9.99. The molecule has 1 atom stereocenters. The summed E-state index contributed by atoms with van der Waals surface area (Å²) in [5.74, 6) is 1.36. The van der Waals surface area contributed by atoms with Crippen LogP contribution in [0.15, 0.2) is 108 Å². The van der Waals surface area contributed by atoms with Gasteiger partial charge in [-0.3, -0.25) is 4.79 Å². The Balaban J connectivity index is 1.24. The van der Waals surface area contributed by atoms with Crippen molar-refractivity contribution >= 4 is 25.5 Å². The van der Waals surface area contributed by atoms with Crippen LogP contribution in [-0.2, 0) is 17.6 Å². The third-order valence-corrected chi connectivity index (χ3v) is 9.61. The molecule has 0 saturated carbocycles. The molecule has 0 saturated heterocycles. The maximum atomic E-state index is 13.6. The standard InChI is InChI=1S/C39H42N2O6Si/c1-27-34(41-38(47-27)30-13-9-6-10-14-30)21-22-45-31-17-15-28(16-18-31)25-36(39(43)44)40-35-20-19-32(46-23-24-48(2,3)4)26-33(35)37(42)29-11-7-5-8-12-29/h5-20,26,36,40H,21-25H2,1-4H3,(H,43,44)/t36-/m0/s1. The van der Waals surface area contributed by atoms with Crippen molar-refractivity contribution in [1.29, 1.82) is 0 Å². The summed E-state index contributed by atoms with van der Waals surface area (Å²) in [6.45, 7) is 9.72. The van der Waals surface area contributed by atoms with E-state index in [0.717, 1.165) is 28.6 Å². The zero-order chi connectivity index (χ0) is 34.1. The highest BCUT2D eigenvalue weighted by Gasteiger charge is 2.23. The van der Waals surface area contributed by atoms with Gasteiger partial charge in [-0.15, -0.1) is 0 Å². The molecule has 5 aromatic rings. The fraction of sp³-hybridized carbons (Fsp3) is 0.256. The fourth-order valence-corrected chi connectivity index (χ4v) is 5.84. The molecular weight excluding hydrogens is 621 g/mol. The second-order valence-electron chi connectivity index (χ2n) is 12.9. The van der Waals surface area contributed by atoms with Crippen LogP contribution in [0.4, 0.5) is 5.69 Å². The molecule has 0 amide bonds. The Kier molecular flexibility index (Phi) is 11.1. The molecular formula is C39H42N2O6Si. The smallest absolute Gasteiger partial charge is 0.326 e. The third-order valence-electron chi connectivity index (χ3n) is 7.90. The number of aryl methyl sites for hydroxylation is 1. The van der Waals surface area contributed by atoms with Gasteiger partial charge in [-0.2, -0.15) is 0 Å². The SMILES string of the molecule is Cc1oc(-c2ccccc2)nc1CCOc1ccc(C[C@H](Nc2ccc(OCC[Si](C)(C)C)cc2C(=O)c2ccccc2)C(=O)O)cc1. The van der Waals surface area contributed by atoms with E-state index < -0.39 is 20.1 Å². The van der Waals surface area contributed by atoms with Gasteiger partial charge in [0.1, 0.15) is 23.3 Å². The summed E-state index contributed by atoms with van der Waals surface area (Å²) in [5.41, 5.74) is 3.89. The van der Waals surface area contributed by atoms with E-state index in [1.165, 1.54) is 0 Å². The molecule has 248 valence electrons. The number of hydrogen-bond acceptors (Lipinski definition) is 7. The number of ketones is 1. The summed E-state index contributed by atoms with van der Waals surface area (Å²) >= 11 is 0. The molecule has 0 aliphatic rings. The second-order valence-corrected chi connectivity index (χ2v) is 18.6. The van der Waals surface area contributed by atoms with Crippen molar-refractivity contribution < 1.29 is 28.6 Å². The first kappa shape index (κ1) is 34.2. The number of aliphatic carboxylic acids is 1. The minimum absolute atomic E-state index is 0.198. The van der Waals surface area contributed by atoms with Crippen LogP contribution in [0.2, 0.25) is 25.7 Å². The van der Waals surface area contributed by atoms with Crippen LogP contribution >= 0.6 is 0 Å². The number of nitrogens with one attached hydrogen (secondary N) is 1. The summed E-state index contributed by atoms with van der Waals surface area (Å²) in [6, 6.07) is 31.3. The van der Waals surface area contributed by atoms with Gasteiger partial charge < -0.3 is 24.3 Å². The molecule has 2 N–H and O–H groups in total. The van der Waals surface area contributed by atoms with E-state index in [1.54, 1.807) is 42.5 Å². The Hall–Kier alpha value is -5.15. The van der Waals surface area contributed by atoms with Crippen LogP contribution in [0.3, 0.4) is 0 Å². The number of rotatable bonds is 16. The minimum Gasteiger partial charge on any atom is -0.494 e. The molecule has 1 heterocycles. The topological polar surface area (TPSA) is 111 Å². The van der Waals surface area contributed by atoms with Gasteiger partial charge in [-0.25, -0.2) is 9.78 Å². The molecule has 0 fully saturated rings. The Labute approximate surface area is 282 Å². The van der Waals surface area contributed by atoms with Crippen molar-refractivity contribution in [2.75, 3.05) is 18.5 Å². The summed E-state index contributed by atoms with van der Waals surface area (Å²) in [7, 11) is -1.30. The van der Waals surface area contributed by atoms with Gasteiger partial charge in [0, 0.05) is 43.3 Å². The van der Waals surface area contributed by atoms with E-state index >= 15 is 0 Å². The summed E-state index contributed by atoms with van der Waals surface area (Å²) in [4.78, 5) is 30.7. The second kappa shape index (κ2) is 15.6. The number of hydrogen-bond donors (Lipinski definition) is 2. The Bertz CT molecular complexity index is 1820. The monoisotopic (exact) mass is 662 g/mol. The van der Waals surface area contributed by atoms with Crippen LogP contribution in [0, 0.1) is 6.92 Å². The van der Waals surface area contributed by atoms with Gasteiger partial charge in [0.2, 0.25) is 5.89 Å². The molecule has 0 aliphatic carbocycles. The van der Waals surface area contributed by atoms with Gasteiger partial charge in [-0.1, -0.05) is 80.3 Å². The van der Waals surface area contributed by atoms with E-state index in [4.69, 9.17) is 13.9 Å². The molecule has 0 radical (unpaired) electrons. The van der Waals surface area contributed by atoms with Gasteiger partial charge in [-0.05, 0) is 61.0 Å². The molecule has 48 heavy (non-hydrogen) atoms. The number of ether oxygens (including phenoxy) is 2. The fourth-order valence-electron chi connectivity index (χ4n) is 5.12. The Morgan fingerprint density at radius 2 is 1.50 bits per heavy atom. The maximum Gasteiger partial charge on any atom is 0.326 e. The van der Waals surface area contributed by atoms with E-state index in [-0.39, 0.29) is 12.2 Å². The van der Waals surface area contributed by atoms with Crippen LogP contribution in [-0.4, -0.2) is 49.2 Å². The van der Waals surface area contributed by atoms with Crippen LogP contribution in [0.5, 0.6) is 11.5 Å². The van der Waals surface area contributed by atoms with E-state index in [1.807, 2.05) is 67.6 Å². The largest absolute Gasteiger partial charge is 0.494 e. The molecule has 8 nitrogen and oxygen atoms in total. The average Bonchev–Trinajstić information content (AvgIpc) is 3.45. The van der Waals surface area contributed by atoms with Crippen molar-refractivity contribution in [2.45, 2.75) is 51.5 Å². The number of anilines is 1. The zero-order valence-corrected chi connectivity index (χ0v) is 28.9.